The van der Waals surface area contributed by atoms with Gasteiger partial charge in [0.1, 0.15) is 18.0 Å². The molecule has 0 N–H and O–H groups in total. The Morgan fingerprint density at radius 3 is 2.50 bits per heavy atom. The van der Waals surface area contributed by atoms with Crippen LogP contribution in [0.2, 0.25) is 0 Å². The number of carbonyl (C=O) groups excluding carboxylic acids is 1. The van der Waals surface area contributed by atoms with E-state index < -0.39 is 11.9 Å². The Kier molecular flexibility index (Phi) is 6.76. The van der Waals surface area contributed by atoms with Gasteiger partial charge in [0.25, 0.3) is 5.91 Å². The third kappa shape index (κ3) is 4.45. The fourth-order valence-corrected chi connectivity index (χ4v) is 5.04. The van der Waals surface area contributed by atoms with Crippen LogP contribution in [0.4, 0.5) is 4.39 Å². The highest BCUT2D eigenvalue weighted by Gasteiger charge is 2.43. The van der Waals surface area contributed by atoms with Crippen LogP contribution in [0.1, 0.15) is 51.3 Å². The maximum absolute atomic E-state index is 14.0. The molecule has 5 rings (SSSR count). The molecule has 2 heterocycles. The summed E-state index contributed by atoms with van der Waals surface area (Å²) in [4.78, 5) is 29.4. The van der Waals surface area contributed by atoms with Gasteiger partial charge in [0.2, 0.25) is 5.76 Å². The van der Waals surface area contributed by atoms with Crippen molar-refractivity contribution < 1.29 is 23.1 Å². The van der Waals surface area contributed by atoms with Crippen LogP contribution in [0.3, 0.4) is 0 Å². The average molecular weight is 514 g/mol. The van der Waals surface area contributed by atoms with Gasteiger partial charge in [-0.2, -0.15) is 0 Å². The predicted octanol–water partition coefficient (Wildman–Crippen LogP) is 6.26. The van der Waals surface area contributed by atoms with Crippen molar-refractivity contribution in [2.75, 3.05) is 13.2 Å². The molecule has 0 bridgehead atoms. The molecule has 0 spiro atoms. The van der Waals surface area contributed by atoms with Crippen LogP contribution < -0.4 is 14.9 Å². The highest BCUT2D eigenvalue weighted by Crippen LogP contribution is 2.42. The van der Waals surface area contributed by atoms with Crippen molar-refractivity contribution in [3.8, 4) is 11.5 Å². The van der Waals surface area contributed by atoms with Crippen LogP contribution in [0.25, 0.3) is 11.0 Å². The van der Waals surface area contributed by atoms with Gasteiger partial charge in [-0.25, -0.2) is 4.39 Å². The molecule has 1 aliphatic rings. The third-order valence-corrected chi connectivity index (χ3v) is 6.62. The van der Waals surface area contributed by atoms with E-state index in [0.717, 1.165) is 16.7 Å². The summed E-state index contributed by atoms with van der Waals surface area (Å²) < 4.78 is 31.3. The second kappa shape index (κ2) is 10.2. The molecule has 1 unspecified atom stereocenters. The summed E-state index contributed by atoms with van der Waals surface area (Å²) in [5.41, 5.74) is 3.51. The number of aryl methyl sites for hydroxylation is 2. The molecule has 0 saturated carbocycles. The lowest BCUT2D eigenvalue weighted by atomic mass is 9.96. The van der Waals surface area contributed by atoms with E-state index >= 15 is 0 Å². The SMILES string of the molecule is C=CCOc1ccc(C2c3c(oc4cc(C)cc(C)c4c3=O)C(=O)N2Cc2ccc(F)cc2)cc1OCC. The quantitative estimate of drug-likeness (QED) is 0.260. The van der Waals surface area contributed by atoms with Gasteiger partial charge in [0.15, 0.2) is 16.9 Å². The molecule has 4 aromatic rings. The number of carbonyl (C=O) groups is 1. The van der Waals surface area contributed by atoms with Crippen LogP contribution in [0.15, 0.2) is 76.5 Å². The van der Waals surface area contributed by atoms with E-state index in [1.807, 2.05) is 32.9 Å². The first-order valence-corrected chi connectivity index (χ1v) is 12.5. The van der Waals surface area contributed by atoms with Crippen molar-refractivity contribution in [2.45, 2.75) is 33.4 Å². The molecule has 1 aliphatic heterocycles. The lowest BCUT2D eigenvalue weighted by molar-refractivity contribution is 0.0714. The van der Waals surface area contributed by atoms with E-state index in [-0.39, 0.29) is 29.1 Å². The lowest BCUT2D eigenvalue weighted by Crippen LogP contribution is -2.29. The number of hydrogen-bond acceptors (Lipinski definition) is 5. The molecule has 1 atom stereocenters. The van der Waals surface area contributed by atoms with E-state index in [1.165, 1.54) is 12.1 Å². The minimum Gasteiger partial charge on any atom is -0.490 e. The van der Waals surface area contributed by atoms with E-state index in [0.29, 0.717) is 41.2 Å². The second-order valence-electron chi connectivity index (χ2n) is 9.33. The van der Waals surface area contributed by atoms with Crippen LogP contribution in [0.5, 0.6) is 11.5 Å². The zero-order valence-corrected chi connectivity index (χ0v) is 21.5. The fraction of sp³-hybridized carbons (Fsp3) is 0.226. The number of fused-ring (bicyclic) bond motifs is 2. The Morgan fingerprint density at radius 2 is 1.79 bits per heavy atom. The molecule has 0 radical (unpaired) electrons. The fourth-order valence-electron chi connectivity index (χ4n) is 5.04. The minimum absolute atomic E-state index is 0.0181. The number of amides is 1. The van der Waals surface area contributed by atoms with Gasteiger partial charge >= 0.3 is 0 Å². The van der Waals surface area contributed by atoms with Crippen molar-refractivity contribution in [3.05, 3.63) is 117 Å². The molecule has 194 valence electrons. The number of nitrogens with zero attached hydrogens (tertiary/aromatic N) is 1. The first-order chi connectivity index (χ1) is 18.3. The van der Waals surface area contributed by atoms with Crippen molar-refractivity contribution in [3.63, 3.8) is 0 Å². The summed E-state index contributed by atoms with van der Waals surface area (Å²) in [6, 6.07) is 14.3. The molecule has 0 aliphatic carbocycles. The third-order valence-electron chi connectivity index (χ3n) is 6.62. The van der Waals surface area contributed by atoms with E-state index in [2.05, 4.69) is 6.58 Å². The van der Waals surface area contributed by atoms with Crippen LogP contribution in [-0.4, -0.2) is 24.0 Å². The monoisotopic (exact) mass is 513 g/mol. The summed E-state index contributed by atoms with van der Waals surface area (Å²) in [5, 5.41) is 0.451. The van der Waals surface area contributed by atoms with Gasteiger partial charge in [0.05, 0.1) is 23.6 Å². The molecular formula is C31H28FNO5. The van der Waals surface area contributed by atoms with E-state index in [9.17, 15) is 14.0 Å². The van der Waals surface area contributed by atoms with Crippen molar-refractivity contribution in [1.29, 1.82) is 0 Å². The number of benzene rings is 3. The maximum Gasteiger partial charge on any atom is 0.291 e. The molecule has 3 aromatic carbocycles. The number of rotatable bonds is 8. The zero-order chi connectivity index (χ0) is 27.0. The number of hydrogen-bond donors (Lipinski definition) is 0. The highest BCUT2D eigenvalue weighted by molar-refractivity contribution is 5.99. The average Bonchev–Trinajstić information content (AvgIpc) is 3.16. The van der Waals surface area contributed by atoms with Gasteiger partial charge in [-0.05, 0) is 73.4 Å². The topological polar surface area (TPSA) is 69.0 Å². The van der Waals surface area contributed by atoms with Crippen molar-refractivity contribution in [2.24, 2.45) is 0 Å². The van der Waals surface area contributed by atoms with E-state index in [4.69, 9.17) is 13.9 Å². The largest absolute Gasteiger partial charge is 0.490 e. The summed E-state index contributed by atoms with van der Waals surface area (Å²) in [6.07, 6.45) is 1.64. The lowest BCUT2D eigenvalue weighted by Gasteiger charge is -2.26. The van der Waals surface area contributed by atoms with Gasteiger partial charge < -0.3 is 18.8 Å². The Hall–Kier alpha value is -4.39. The van der Waals surface area contributed by atoms with E-state index in [1.54, 1.807) is 41.3 Å². The molecule has 6 nitrogen and oxygen atoms in total. The molecule has 0 fully saturated rings. The smallest absolute Gasteiger partial charge is 0.291 e. The van der Waals surface area contributed by atoms with Crippen LogP contribution >= 0.6 is 0 Å². The molecule has 0 saturated heterocycles. The Balaban J connectivity index is 1.72. The van der Waals surface area contributed by atoms with Crippen molar-refractivity contribution in [1.82, 2.24) is 4.90 Å². The summed E-state index contributed by atoms with van der Waals surface area (Å²) in [7, 11) is 0. The van der Waals surface area contributed by atoms with Crippen LogP contribution in [-0.2, 0) is 6.54 Å². The normalized spacial score (nSPS) is 14.6. The molecular weight excluding hydrogens is 485 g/mol. The van der Waals surface area contributed by atoms with Gasteiger partial charge in [0, 0.05) is 6.54 Å². The zero-order valence-electron chi connectivity index (χ0n) is 21.5. The van der Waals surface area contributed by atoms with Gasteiger partial charge in [-0.15, -0.1) is 0 Å². The Bertz CT molecular complexity index is 1610. The van der Waals surface area contributed by atoms with Crippen LogP contribution in [0, 0.1) is 19.7 Å². The first kappa shape index (κ1) is 25.3. The second-order valence-corrected chi connectivity index (χ2v) is 9.33. The molecule has 1 aromatic heterocycles. The van der Waals surface area contributed by atoms with Gasteiger partial charge in [-0.3, -0.25) is 9.59 Å². The summed E-state index contributed by atoms with van der Waals surface area (Å²) >= 11 is 0. The Morgan fingerprint density at radius 1 is 1.03 bits per heavy atom. The molecule has 1 amide bonds. The predicted molar refractivity (Wildman–Crippen MR) is 143 cm³/mol. The first-order valence-electron chi connectivity index (χ1n) is 12.5. The summed E-state index contributed by atoms with van der Waals surface area (Å²) in [5.74, 6) is 0.266. The van der Waals surface area contributed by atoms with Gasteiger partial charge in [-0.1, -0.05) is 36.9 Å². The molecule has 38 heavy (non-hydrogen) atoms. The standard InChI is InChI=1S/C31H28FNO5/c1-5-13-37-23-12-9-21(16-24(23)36-6-2)28-27-29(34)26-19(4)14-18(3)15-25(26)38-30(27)31(35)33(28)17-20-7-10-22(32)11-8-20/h5,7-12,14-16,28H,1,6,13,17H2,2-4H3. The number of halogens is 1. The van der Waals surface area contributed by atoms with Crippen molar-refractivity contribution >= 4 is 16.9 Å². The minimum atomic E-state index is -0.739. The summed E-state index contributed by atoms with van der Waals surface area (Å²) in [6.45, 7) is 10.2. The molecule has 7 heteroatoms. The maximum atomic E-state index is 14.0. The highest BCUT2D eigenvalue weighted by atomic mass is 19.1. The Labute approximate surface area is 219 Å². The number of ether oxygens (including phenoxy) is 2.